The molecular weight excluding hydrogens is 250 g/mol. The number of carbonyl (C=O) groups is 1. The third kappa shape index (κ3) is 1.75. The van der Waals surface area contributed by atoms with Gasteiger partial charge in [0.2, 0.25) is 0 Å². The number of fused-ring (bicyclic) bond motifs is 1. The first-order valence-corrected chi connectivity index (χ1v) is 6.17. The molecule has 6 nitrogen and oxygen atoms in total. The highest BCUT2D eigenvalue weighted by atomic mass is 16.5. The molecular formula is C13H15NO5. The molecule has 2 N–H and O–H groups in total. The Kier molecular flexibility index (Phi) is 2.83. The van der Waals surface area contributed by atoms with Gasteiger partial charge in [0.1, 0.15) is 18.1 Å². The van der Waals surface area contributed by atoms with Gasteiger partial charge >= 0.3 is 5.97 Å². The van der Waals surface area contributed by atoms with Crippen molar-refractivity contribution in [2.45, 2.75) is 5.54 Å². The zero-order chi connectivity index (χ0) is 13.5. The van der Waals surface area contributed by atoms with Crippen molar-refractivity contribution >= 4 is 5.97 Å². The Morgan fingerprint density at radius 2 is 2.05 bits per heavy atom. The van der Waals surface area contributed by atoms with Gasteiger partial charge in [0.15, 0.2) is 5.54 Å². The fourth-order valence-electron chi connectivity index (χ4n) is 2.75. The molecule has 3 rings (SSSR count). The summed E-state index contributed by atoms with van der Waals surface area (Å²) in [5.41, 5.74) is -0.577. The van der Waals surface area contributed by atoms with E-state index in [0.29, 0.717) is 37.6 Å². The SMILES string of the molecule is O=C(O)C1(N2CCOCC2)COc2cc(O)ccc21. The number of nitrogens with zero attached hydrogens (tertiary/aromatic N) is 1. The van der Waals surface area contributed by atoms with Gasteiger partial charge in [-0.25, -0.2) is 4.79 Å². The van der Waals surface area contributed by atoms with Crippen molar-refractivity contribution in [3.8, 4) is 11.5 Å². The largest absolute Gasteiger partial charge is 0.508 e. The Labute approximate surface area is 110 Å². The van der Waals surface area contributed by atoms with E-state index in [9.17, 15) is 15.0 Å². The van der Waals surface area contributed by atoms with E-state index in [1.54, 1.807) is 6.07 Å². The lowest BCUT2D eigenvalue weighted by molar-refractivity contribution is -0.157. The normalized spacial score (nSPS) is 26.7. The fraction of sp³-hybridized carbons (Fsp3) is 0.462. The van der Waals surface area contributed by atoms with Crippen LogP contribution < -0.4 is 4.74 Å². The Hall–Kier alpha value is -1.79. The van der Waals surface area contributed by atoms with Gasteiger partial charge in [0.05, 0.1) is 13.2 Å². The summed E-state index contributed by atoms with van der Waals surface area (Å²) in [6, 6.07) is 4.58. The molecule has 19 heavy (non-hydrogen) atoms. The van der Waals surface area contributed by atoms with E-state index < -0.39 is 11.5 Å². The summed E-state index contributed by atoms with van der Waals surface area (Å²) in [6.07, 6.45) is 0. The highest BCUT2D eigenvalue weighted by Gasteiger charge is 2.52. The Morgan fingerprint density at radius 1 is 1.32 bits per heavy atom. The van der Waals surface area contributed by atoms with Crippen molar-refractivity contribution in [3.05, 3.63) is 23.8 Å². The zero-order valence-electron chi connectivity index (χ0n) is 10.3. The topological polar surface area (TPSA) is 79.2 Å². The van der Waals surface area contributed by atoms with Crippen molar-refractivity contribution in [2.24, 2.45) is 0 Å². The number of hydrogen-bond donors (Lipinski definition) is 2. The number of benzene rings is 1. The number of carboxylic acid groups (broad SMARTS) is 1. The molecule has 0 amide bonds. The number of rotatable bonds is 2. The average molecular weight is 265 g/mol. The van der Waals surface area contributed by atoms with Gasteiger partial charge in [-0.15, -0.1) is 0 Å². The fourth-order valence-corrected chi connectivity index (χ4v) is 2.75. The van der Waals surface area contributed by atoms with Crippen molar-refractivity contribution < 1.29 is 24.5 Å². The van der Waals surface area contributed by atoms with Crippen LogP contribution in [0.1, 0.15) is 5.56 Å². The summed E-state index contributed by atoms with van der Waals surface area (Å²) >= 11 is 0. The number of phenols is 1. The molecule has 0 aliphatic carbocycles. The molecule has 0 saturated carbocycles. The van der Waals surface area contributed by atoms with Crippen LogP contribution in [0.4, 0.5) is 0 Å². The molecule has 1 aromatic carbocycles. The van der Waals surface area contributed by atoms with Gasteiger partial charge < -0.3 is 19.7 Å². The lowest BCUT2D eigenvalue weighted by Crippen LogP contribution is -2.57. The van der Waals surface area contributed by atoms with Gasteiger partial charge in [0.25, 0.3) is 0 Å². The van der Waals surface area contributed by atoms with Gasteiger partial charge in [-0.05, 0) is 12.1 Å². The smallest absolute Gasteiger partial charge is 0.332 e. The Morgan fingerprint density at radius 3 is 2.74 bits per heavy atom. The summed E-state index contributed by atoms with van der Waals surface area (Å²) in [7, 11) is 0. The second-order valence-corrected chi connectivity index (χ2v) is 4.73. The van der Waals surface area contributed by atoms with E-state index in [0.717, 1.165) is 0 Å². The number of hydrogen-bond acceptors (Lipinski definition) is 5. The summed E-state index contributed by atoms with van der Waals surface area (Å²) in [5.74, 6) is -0.422. The lowest BCUT2D eigenvalue weighted by Gasteiger charge is -2.38. The van der Waals surface area contributed by atoms with Gasteiger partial charge in [-0.3, -0.25) is 4.90 Å². The van der Waals surface area contributed by atoms with Crippen LogP contribution in [0.15, 0.2) is 18.2 Å². The molecule has 2 heterocycles. The second kappa shape index (κ2) is 4.40. The highest BCUT2D eigenvalue weighted by Crippen LogP contribution is 2.43. The first-order chi connectivity index (χ1) is 9.14. The van der Waals surface area contributed by atoms with Crippen LogP contribution in [0, 0.1) is 0 Å². The number of aromatic hydroxyl groups is 1. The minimum Gasteiger partial charge on any atom is -0.508 e. The van der Waals surface area contributed by atoms with Crippen molar-refractivity contribution in [3.63, 3.8) is 0 Å². The molecule has 6 heteroatoms. The standard InChI is InChI=1S/C13H15NO5/c15-9-1-2-10-11(7-9)19-8-13(10,12(16)17)14-3-5-18-6-4-14/h1-2,7,15H,3-6,8H2,(H,16,17). The molecule has 1 fully saturated rings. The molecule has 102 valence electrons. The first kappa shape index (κ1) is 12.3. The zero-order valence-corrected chi connectivity index (χ0v) is 10.3. The second-order valence-electron chi connectivity index (χ2n) is 4.73. The molecule has 1 aromatic rings. The van der Waals surface area contributed by atoms with Crippen LogP contribution in [0.5, 0.6) is 11.5 Å². The summed E-state index contributed by atoms with van der Waals surface area (Å²) in [6.45, 7) is 2.19. The van der Waals surface area contributed by atoms with E-state index in [-0.39, 0.29) is 12.4 Å². The number of carboxylic acids is 1. The van der Waals surface area contributed by atoms with Crippen LogP contribution in [0.2, 0.25) is 0 Å². The average Bonchev–Trinajstić information content (AvgIpc) is 2.79. The maximum absolute atomic E-state index is 11.8. The summed E-state index contributed by atoms with van der Waals surface area (Å²) in [5, 5.41) is 19.2. The molecule has 0 spiro atoms. The molecule has 0 aromatic heterocycles. The Bertz CT molecular complexity index is 512. The molecule has 0 bridgehead atoms. The highest BCUT2D eigenvalue weighted by molar-refractivity contribution is 5.83. The third-order valence-corrected chi connectivity index (χ3v) is 3.75. The first-order valence-electron chi connectivity index (χ1n) is 6.17. The maximum Gasteiger partial charge on any atom is 0.332 e. The van der Waals surface area contributed by atoms with Crippen LogP contribution in [-0.2, 0) is 15.1 Å². The van der Waals surface area contributed by atoms with Crippen LogP contribution >= 0.6 is 0 Å². The van der Waals surface area contributed by atoms with Gasteiger partial charge in [-0.2, -0.15) is 0 Å². The van der Waals surface area contributed by atoms with Crippen LogP contribution in [0.3, 0.4) is 0 Å². The molecule has 1 unspecified atom stereocenters. The van der Waals surface area contributed by atoms with Crippen molar-refractivity contribution in [1.29, 1.82) is 0 Å². The Balaban J connectivity index is 2.06. The van der Waals surface area contributed by atoms with Crippen molar-refractivity contribution in [2.75, 3.05) is 32.9 Å². The van der Waals surface area contributed by atoms with E-state index in [1.807, 2.05) is 4.90 Å². The van der Waals surface area contributed by atoms with Crippen LogP contribution in [-0.4, -0.2) is 54.0 Å². The van der Waals surface area contributed by atoms with Crippen LogP contribution in [0.25, 0.3) is 0 Å². The van der Waals surface area contributed by atoms with Gasteiger partial charge in [-0.1, -0.05) is 0 Å². The quantitative estimate of drug-likeness (QED) is 0.805. The minimum atomic E-state index is -1.17. The predicted molar refractivity (Wildman–Crippen MR) is 65.3 cm³/mol. The summed E-state index contributed by atoms with van der Waals surface area (Å²) < 4.78 is 10.8. The van der Waals surface area contributed by atoms with E-state index in [2.05, 4.69) is 0 Å². The minimum absolute atomic E-state index is 0.0567. The molecule has 1 saturated heterocycles. The van der Waals surface area contributed by atoms with E-state index in [4.69, 9.17) is 9.47 Å². The van der Waals surface area contributed by atoms with Crippen molar-refractivity contribution in [1.82, 2.24) is 4.90 Å². The molecule has 1 atom stereocenters. The number of phenolic OH excluding ortho intramolecular Hbond substituents is 1. The third-order valence-electron chi connectivity index (χ3n) is 3.75. The van der Waals surface area contributed by atoms with Gasteiger partial charge in [0, 0.05) is 24.7 Å². The monoisotopic (exact) mass is 265 g/mol. The number of morpholine rings is 1. The van der Waals surface area contributed by atoms with E-state index >= 15 is 0 Å². The number of ether oxygens (including phenoxy) is 2. The maximum atomic E-state index is 11.8. The lowest BCUT2D eigenvalue weighted by atomic mass is 9.89. The predicted octanol–water partition coefficient (Wildman–Crippen LogP) is 0.397. The molecule has 2 aliphatic heterocycles. The number of aliphatic carboxylic acids is 1. The summed E-state index contributed by atoms with van der Waals surface area (Å²) in [4.78, 5) is 13.7. The molecule has 0 radical (unpaired) electrons. The molecule has 2 aliphatic rings. The van der Waals surface area contributed by atoms with E-state index in [1.165, 1.54) is 12.1 Å².